The minimum atomic E-state index is -2.68. The van der Waals surface area contributed by atoms with E-state index in [1.165, 1.54) is 0 Å². The zero-order valence-electron chi connectivity index (χ0n) is 10.2. The van der Waals surface area contributed by atoms with Crippen molar-refractivity contribution in [1.29, 1.82) is 0 Å². The molecule has 2 aromatic rings. The first-order chi connectivity index (χ1) is 8.58. The zero-order chi connectivity index (χ0) is 12.8. The van der Waals surface area contributed by atoms with Crippen molar-refractivity contribution in [3.05, 3.63) is 30.0 Å². The van der Waals surface area contributed by atoms with E-state index in [1.54, 1.807) is 16.9 Å². The maximum absolute atomic E-state index is 13.9. The number of hydrogen-bond donors (Lipinski definition) is 1. The fourth-order valence-electron chi connectivity index (χ4n) is 2.62. The standard InChI is InChI=1S/C13H15F2N3/c1-18-12-6-9(2-3-10(12)7-17-18)11-4-5-16-8-13(11,14)15/h2-3,6-7,11,16H,4-5,8H2,1H3/t11-/m0/s1. The fourth-order valence-corrected chi connectivity index (χ4v) is 2.62. The van der Waals surface area contributed by atoms with Crippen LogP contribution in [0.15, 0.2) is 24.4 Å². The van der Waals surface area contributed by atoms with Gasteiger partial charge in [0.2, 0.25) is 0 Å². The van der Waals surface area contributed by atoms with Crippen LogP contribution in [0.2, 0.25) is 0 Å². The molecule has 1 fully saturated rings. The van der Waals surface area contributed by atoms with Gasteiger partial charge in [0.05, 0.1) is 24.2 Å². The van der Waals surface area contributed by atoms with Gasteiger partial charge in [-0.2, -0.15) is 5.10 Å². The number of hydrogen-bond acceptors (Lipinski definition) is 2. The normalized spacial score (nSPS) is 23.4. The van der Waals surface area contributed by atoms with Crippen molar-refractivity contribution in [3.63, 3.8) is 0 Å². The second-order valence-corrected chi connectivity index (χ2v) is 4.87. The summed E-state index contributed by atoms with van der Waals surface area (Å²) in [6, 6.07) is 5.51. The zero-order valence-corrected chi connectivity index (χ0v) is 10.2. The van der Waals surface area contributed by atoms with Gasteiger partial charge in [-0.3, -0.25) is 4.68 Å². The van der Waals surface area contributed by atoms with E-state index in [1.807, 2.05) is 19.2 Å². The Morgan fingerprint density at radius 3 is 3.06 bits per heavy atom. The molecule has 1 saturated heterocycles. The highest BCUT2D eigenvalue weighted by Crippen LogP contribution is 2.38. The smallest absolute Gasteiger partial charge is 0.267 e. The summed E-state index contributed by atoms with van der Waals surface area (Å²) < 4.78 is 29.5. The van der Waals surface area contributed by atoms with E-state index in [-0.39, 0.29) is 6.54 Å². The maximum atomic E-state index is 13.9. The summed E-state index contributed by atoms with van der Waals surface area (Å²) in [7, 11) is 1.83. The molecule has 0 spiro atoms. The molecule has 1 aromatic carbocycles. The molecule has 5 heteroatoms. The Labute approximate surface area is 104 Å². The van der Waals surface area contributed by atoms with Gasteiger partial charge in [0, 0.05) is 12.4 Å². The first-order valence-electron chi connectivity index (χ1n) is 6.08. The van der Waals surface area contributed by atoms with Crippen molar-refractivity contribution in [2.45, 2.75) is 18.3 Å². The lowest BCUT2D eigenvalue weighted by atomic mass is 9.86. The predicted octanol–water partition coefficient (Wildman–Crippen LogP) is 2.29. The highest BCUT2D eigenvalue weighted by atomic mass is 19.3. The number of nitrogens with zero attached hydrogens (tertiary/aromatic N) is 2. The Bertz CT molecular complexity index is 577. The number of alkyl halides is 2. The molecule has 0 saturated carbocycles. The minimum absolute atomic E-state index is 0.235. The summed E-state index contributed by atoms with van der Waals surface area (Å²) in [5.41, 5.74) is 1.61. The topological polar surface area (TPSA) is 29.9 Å². The molecule has 0 aliphatic carbocycles. The average Bonchev–Trinajstić information content (AvgIpc) is 2.70. The Kier molecular flexibility index (Phi) is 2.59. The van der Waals surface area contributed by atoms with E-state index >= 15 is 0 Å². The average molecular weight is 251 g/mol. The molecule has 0 bridgehead atoms. The first-order valence-corrected chi connectivity index (χ1v) is 6.08. The number of aromatic nitrogens is 2. The summed E-state index contributed by atoms with van der Waals surface area (Å²) in [5, 5.41) is 7.87. The lowest BCUT2D eigenvalue weighted by molar-refractivity contribution is -0.0419. The lowest BCUT2D eigenvalue weighted by Gasteiger charge is -2.32. The molecule has 0 unspecified atom stereocenters. The summed E-state index contributed by atoms with van der Waals surface area (Å²) in [4.78, 5) is 0. The monoisotopic (exact) mass is 251 g/mol. The van der Waals surface area contributed by atoms with Crippen molar-refractivity contribution >= 4 is 10.9 Å². The van der Waals surface area contributed by atoms with Crippen LogP contribution in [0.1, 0.15) is 17.9 Å². The van der Waals surface area contributed by atoms with Gasteiger partial charge in [-0.1, -0.05) is 12.1 Å². The van der Waals surface area contributed by atoms with E-state index in [0.717, 1.165) is 10.9 Å². The van der Waals surface area contributed by atoms with E-state index in [9.17, 15) is 8.78 Å². The van der Waals surface area contributed by atoms with Crippen LogP contribution in [0.25, 0.3) is 10.9 Å². The van der Waals surface area contributed by atoms with Crippen molar-refractivity contribution in [2.75, 3.05) is 13.1 Å². The molecule has 3 rings (SSSR count). The second kappa shape index (κ2) is 4.02. The van der Waals surface area contributed by atoms with Crippen molar-refractivity contribution in [3.8, 4) is 0 Å². The Hall–Kier alpha value is -1.49. The van der Waals surface area contributed by atoms with Gasteiger partial charge in [0.15, 0.2) is 0 Å². The number of nitrogens with one attached hydrogen (secondary N) is 1. The van der Waals surface area contributed by atoms with E-state index < -0.39 is 11.8 Å². The van der Waals surface area contributed by atoms with E-state index in [4.69, 9.17) is 0 Å². The van der Waals surface area contributed by atoms with Crippen molar-refractivity contribution in [2.24, 2.45) is 7.05 Å². The molecule has 0 radical (unpaired) electrons. The maximum Gasteiger partial charge on any atom is 0.267 e. The van der Waals surface area contributed by atoms with Crippen LogP contribution in [0.3, 0.4) is 0 Å². The third-order valence-electron chi connectivity index (χ3n) is 3.66. The van der Waals surface area contributed by atoms with Gasteiger partial charge in [-0.15, -0.1) is 0 Å². The number of benzene rings is 1. The van der Waals surface area contributed by atoms with Crippen molar-refractivity contribution < 1.29 is 8.78 Å². The molecule has 0 amide bonds. The number of rotatable bonds is 1. The Balaban J connectivity index is 2.05. The highest BCUT2D eigenvalue weighted by molar-refractivity contribution is 5.79. The number of piperidine rings is 1. The molecule has 1 atom stereocenters. The van der Waals surface area contributed by atoms with E-state index in [0.29, 0.717) is 18.5 Å². The Morgan fingerprint density at radius 2 is 2.28 bits per heavy atom. The van der Waals surface area contributed by atoms with Crippen LogP contribution in [-0.2, 0) is 7.05 Å². The third-order valence-corrected chi connectivity index (χ3v) is 3.66. The minimum Gasteiger partial charge on any atom is -0.311 e. The molecule has 96 valence electrons. The second-order valence-electron chi connectivity index (χ2n) is 4.87. The molecule has 1 aromatic heterocycles. The molecule has 18 heavy (non-hydrogen) atoms. The molecular formula is C13H15F2N3. The quantitative estimate of drug-likeness (QED) is 0.842. The third kappa shape index (κ3) is 1.79. The molecule has 1 aliphatic rings. The highest BCUT2D eigenvalue weighted by Gasteiger charge is 2.42. The number of halogens is 2. The van der Waals surface area contributed by atoms with Gasteiger partial charge in [0.25, 0.3) is 5.92 Å². The molecule has 1 aliphatic heterocycles. The summed E-state index contributed by atoms with van der Waals surface area (Å²) in [6.07, 6.45) is 2.22. The fraction of sp³-hybridized carbons (Fsp3) is 0.462. The predicted molar refractivity (Wildman–Crippen MR) is 65.9 cm³/mol. The summed E-state index contributed by atoms with van der Waals surface area (Å²) in [6.45, 7) is 0.408. The summed E-state index contributed by atoms with van der Waals surface area (Å²) >= 11 is 0. The largest absolute Gasteiger partial charge is 0.311 e. The summed E-state index contributed by atoms with van der Waals surface area (Å²) in [5.74, 6) is -3.37. The van der Waals surface area contributed by atoms with Gasteiger partial charge in [-0.25, -0.2) is 8.78 Å². The van der Waals surface area contributed by atoms with Gasteiger partial charge >= 0.3 is 0 Å². The van der Waals surface area contributed by atoms with Gasteiger partial charge in [-0.05, 0) is 24.6 Å². The number of fused-ring (bicyclic) bond motifs is 1. The van der Waals surface area contributed by atoms with Crippen LogP contribution in [-0.4, -0.2) is 28.8 Å². The first kappa shape index (κ1) is 11.6. The molecular weight excluding hydrogens is 236 g/mol. The number of aryl methyl sites for hydroxylation is 1. The van der Waals surface area contributed by atoms with Crippen LogP contribution in [0.5, 0.6) is 0 Å². The molecule has 3 nitrogen and oxygen atoms in total. The molecule has 2 heterocycles. The molecule has 1 N–H and O–H groups in total. The SMILES string of the molecule is Cn1ncc2ccc([C@@H]3CCNCC3(F)F)cc21. The van der Waals surface area contributed by atoms with Crippen LogP contribution in [0.4, 0.5) is 8.78 Å². The van der Waals surface area contributed by atoms with Gasteiger partial charge < -0.3 is 5.32 Å². The Morgan fingerprint density at radius 1 is 1.44 bits per heavy atom. The van der Waals surface area contributed by atoms with Gasteiger partial charge in [0.1, 0.15) is 0 Å². The van der Waals surface area contributed by atoms with Crippen molar-refractivity contribution in [1.82, 2.24) is 15.1 Å². The van der Waals surface area contributed by atoms with E-state index in [2.05, 4.69) is 10.4 Å². The van der Waals surface area contributed by atoms with Crippen LogP contribution >= 0.6 is 0 Å². The van der Waals surface area contributed by atoms with Crippen LogP contribution in [0, 0.1) is 0 Å². The van der Waals surface area contributed by atoms with Crippen LogP contribution < -0.4 is 5.32 Å². The lowest BCUT2D eigenvalue weighted by Crippen LogP contribution is -2.44.